The second-order valence-electron chi connectivity index (χ2n) is 18.4. The van der Waals surface area contributed by atoms with Gasteiger partial charge in [-0.3, -0.25) is 14.4 Å². The zero-order valence-corrected chi connectivity index (χ0v) is 37.1. The summed E-state index contributed by atoms with van der Waals surface area (Å²) in [6.07, 6.45) is 13.0. The summed E-state index contributed by atoms with van der Waals surface area (Å²) in [6.45, 7) is 8.42. The summed E-state index contributed by atoms with van der Waals surface area (Å²) >= 11 is 0. The molecule has 0 bridgehead atoms. The van der Waals surface area contributed by atoms with Crippen molar-refractivity contribution in [1.82, 2.24) is 29.6 Å². The van der Waals surface area contributed by atoms with Crippen LogP contribution >= 0.6 is 0 Å². The number of halogens is 1. The molecule has 64 heavy (non-hydrogen) atoms. The number of hydrogen-bond donors (Lipinski definition) is 6. The Morgan fingerprint density at radius 2 is 1.66 bits per heavy atom. The third-order valence-corrected chi connectivity index (χ3v) is 13.8. The molecule has 2 aromatic heterocycles. The quantitative estimate of drug-likeness (QED) is 0.0507. The number of likely N-dealkylation sites (tertiary alicyclic amines) is 3. The van der Waals surface area contributed by atoms with E-state index in [9.17, 15) is 19.5 Å². The number of phenolic OH excluding ortho intramolecular Hbond substituents is 1. The molecular formula is C49H63FN10O4. The van der Waals surface area contributed by atoms with Crippen molar-refractivity contribution in [2.24, 2.45) is 17.2 Å². The Kier molecular flexibility index (Phi) is 13.2. The van der Waals surface area contributed by atoms with E-state index in [0.717, 1.165) is 80.3 Å². The monoisotopic (exact) mass is 875 g/mol. The third kappa shape index (κ3) is 9.84. The molecule has 1 atom stereocenters. The van der Waals surface area contributed by atoms with Crippen LogP contribution < -0.4 is 27.8 Å². The molecule has 4 aromatic rings. The topological polar surface area (TPSA) is 201 Å². The predicted molar refractivity (Wildman–Crippen MR) is 248 cm³/mol. The van der Waals surface area contributed by atoms with Crippen LogP contribution in [0.2, 0.25) is 0 Å². The first kappa shape index (κ1) is 44.5. The van der Waals surface area contributed by atoms with Crippen LogP contribution in [0.4, 0.5) is 10.1 Å². The highest BCUT2D eigenvalue weighted by Crippen LogP contribution is 2.45. The van der Waals surface area contributed by atoms with Gasteiger partial charge in [0.2, 0.25) is 12.3 Å². The average molecular weight is 875 g/mol. The van der Waals surface area contributed by atoms with Crippen molar-refractivity contribution in [3.63, 3.8) is 0 Å². The minimum atomic E-state index is -1.36. The summed E-state index contributed by atoms with van der Waals surface area (Å²) in [5, 5.41) is 16.9. The van der Waals surface area contributed by atoms with Crippen LogP contribution in [0.15, 0.2) is 72.5 Å². The van der Waals surface area contributed by atoms with Crippen LogP contribution in [-0.2, 0) is 9.59 Å². The lowest BCUT2D eigenvalue weighted by atomic mass is 9.85. The Morgan fingerprint density at radius 3 is 2.36 bits per heavy atom. The molecule has 8 rings (SSSR count). The van der Waals surface area contributed by atoms with Gasteiger partial charge in [0, 0.05) is 112 Å². The first-order valence-electron chi connectivity index (χ1n) is 22.9. The molecule has 1 aliphatic carbocycles. The molecule has 0 spiro atoms. The number of allylic oxidation sites excluding steroid dienone is 1. The van der Waals surface area contributed by atoms with Crippen molar-refractivity contribution >= 4 is 40.6 Å². The van der Waals surface area contributed by atoms with Crippen LogP contribution in [0.5, 0.6) is 5.75 Å². The van der Waals surface area contributed by atoms with Gasteiger partial charge in [0.15, 0.2) is 0 Å². The molecule has 1 unspecified atom stereocenters. The zero-order valence-electron chi connectivity index (χ0n) is 37.1. The summed E-state index contributed by atoms with van der Waals surface area (Å²) in [7, 11) is 0. The van der Waals surface area contributed by atoms with Crippen molar-refractivity contribution in [3.05, 3.63) is 106 Å². The van der Waals surface area contributed by atoms with Crippen LogP contribution in [0.25, 0.3) is 16.7 Å². The fourth-order valence-electron chi connectivity index (χ4n) is 10.1. The highest BCUT2D eigenvalue weighted by Gasteiger charge is 2.39. The molecule has 15 heteroatoms. The van der Waals surface area contributed by atoms with Crippen LogP contribution in [0.3, 0.4) is 0 Å². The van der Waals surface area contributed by atoms with E-state index in [-0.39, 0.29) is 48.3 Å². The van der Waals surface area contributed by atoms with Crippen molar-refractivity contribution in [2.45, 2.75) is 95.2 Å². The summed E-state index contributed by atoms with van der Waals surface area (Å²) in [5.41, 5.74) is 25.6. The van der Waals surface area contributed by atoms with Crippen molar-refractivity contribution in [1.29, 1.82) is 0 Å². The lowest BCUT2D eigenvalue weighted by Crippen LogP contribution is -2.51. The van der Waals surface area contributed by atoms with E-state index >= 15 is 4.39 Å². The minimum Gasteiger partial charge on any atom is -0.507 e. The maximum absolute atomic E-state index is 16.6. The molecule has 0 radical (unpaired) electrons. The first-order valence-corrected chi connectivity index (χ1v) is 22.9. The number of aromatic nitrogens is 2. The largest absolute Gasteiger partial charge is 0.507 e. The molecular weight excluding hydrogens is 812 g/mol. The number of rotatable bonds is 14. The number of amides is 3. The van der Waals surface area contributed by atoms with Gasteiger partial charge in [0.1, 0.15) is 22.9 Å². The van der Waals surface area contributed by atoms with Crippen molar-refractivity contribution in [2.75, 3.05) is 57.7 Å². The highest BCUT2D eigenvalue weighted by atomic mass is 19.1. The number of para-hydroxylation sites is 1. The molecule has 14 nitrogen and oxygen atoms in total. The molecule has 3 aliphatic heterocycles. The number of anilines is 1. The number of pyridine rings is 1. The summed E-state index contributed by atoms with van der Waals surface area (Å²) in [6, 6.07) is 13.3. The number of nitrogens with two attached hydrogens (primary N) is 3. The molecule has 3 saturated heterocycles. The maximum atomic E-state index is 16.6. The summed E-state index contributed by atoms with van der Waals surface area (Å²) in [4.78, 5) is 48.0. The Labute approximate surface area is 374 Å². The normalized spacial score (nSPS) is 19.7. The molecule has 340 valence electrons. The van der Waals surface area contributed by atoms with Crippen LogP contribution in [0.1, 0.15) is 114 Å². The lowest BCUT2D eigenvalue weighted by Gasteiger charge is -2.41. The minimum absolute atomic E-state index is 0.0503. The fourth-order valence-corrected chi connectivity index (χ4v) is 10.1. The first-order chi connectivity index (χ1) is 30.8. The van der Waals surface area contributed by atoms with Gasteiger partial charge in [-0.1, -0.05) is 18.2 Å². The number of nitrogens with one attached hydrogen (secondary N) is 2. The van der Waals surface area contributed by atoms with Gasteiger partial charge in [-0.15, -0.1) is 0 Å². The predicted octanol–water partition coefficient (Wildman–Crippen LogP) is 5.86. The number of phenols is 1. The number of benzene rings is 2. The number of aromatic hydroxyl groups is 1. The fraction of sp³-hybridized carbons (Fsp3) is 0.469. The maximum Gasteiger partial charge on any atom is 0.254 e. The molecule has 3 amide bonds. The molecule has 1 saturated carbocycles. The van der Waals surface area contributed by atoms with Crippen LogP contribution in [0, 0.1) is 13.8 Å². The molecule has 4 aliphatic rings. The van der Waals surface area contributed by atoms with Gasteiger partial charge in [-0.05, 0) is 111 Å². The number of carbonyl (C=O) groups is 3. The molecule has 9 N–H and O–H groups in total. The van der Waals surface area contributed by atoms with E-state index in [4.69, 9.17) is 22.2 Å². The van der Waals surface area contributed by atoms with E-state index in [1.807, 2.05) is 30.0 Å². The third-order valence-electron chi connectivity index (χ3n) is 13.8. The number of nitrogens with zero attached hydrogens (tertiary/aromatic N) is 5. The van der Waals surface area contributed by atoms with E-state index in [2.05, 4.69) is 44.2 Å². The number of aryl methyl sites for hydroxylation is 2. The smallest absolute Gasteiger partial charge is 0.254 e. The Morgan fingerprint density at radius 1 is 0.906 bits per heavy atom. The van der Waals surface area contributed by atoms with Gasteiger partial charge < -0.3 is 52.2 Å². The number of alkyl halides is 1. The van der Waals surface area contributed by atoms with Crippen molar-refractivity contribution in [3.8, 4) is 5.75 Å². The van der Waals surface area contributed by atoms with Gasteiger partial charge in [0.05, 0.1) is 17.6 Å². The van der Waals surface area contributed by atoms with Gasteiger partial charge in [0.25, 0.3) is 5.91 Å². The SMILES string of the molecule is Cc1cc(C2CCCN(C(/C=C(\N)c3ccccc3O)=C(N)N)C2)c(C)cc1C(=O)N1CCC(F)(CN2CCC(n3cc(C4CC4)c4cc(NC(=O)CCNC=O)cnc43)CC2)CC1. The van der Waals surface area contributed by atoms with E-state index < -0.39 is 5.67 Å². The summed E-state index contributed by atoms with van der Waals surface area (Å²) < 4.78 is 18.9. The van der Waals surface area contributed by atoms with Crippen LogP contribution in [-0.4, -0.2) is 106 Å². The second-order valence-corrected chi connectivity index (χ2v) is 18.4. The van der Waals surface area contributed by atoms with E-state index in [1.54, 1.807) is 30.5 Å². The highest BCUT2D eigenvalue weighted by molar-refractivity contribution is 5.96. The standard InChI is InChI=1S/C49H63FN10O4/c1-31-23-39(32(2)22-38(31)34-6-5-17-59(27-34)43(46(52)53)25-42(51)37-7-3-4-8-44(37)62)48(64)58-20-14-49(50,15-21-58)29-57-18-12-36(13-19-57)60-28-41(33-9-10-33)40-24-35(26-55-47(40)60)56-45(63)11-16-54-30-61/h3-4,7-8,22-26,28,30,33-34,36,62H,5-6,9-21,27,29,51-53H2,1-2H3,(H,54,61)(H,56,63)/b42-25-. The van der Waals surface area contributed by atoms with Gasteiger partial charge >= 0.3 is 0 Å². The van der Waals surface area contributed by atoms with Gasteiger partial charge in [-0.2, -0.15) is 0 Å². The Balaban J connectivity index is 0.854. The Hall–Kier alpha value is -6.09. The van der Waals surface area contributed by atoms with Crippen molar-refractivity contribution < 1.29 is 23.9 Å². The average Bonchev–Trinajstić information content (AvgIpc) is 4.06. The number of carbonyl (C=O) groups excluding carboxylic acids is 3. The van der Waals surface area contributed by atoms with Gasteiger partial charge in [-0.25, -0.2) is 9.37 Å². The lowest BCUT2D eigenvalue weighted by molar-refractivity contribution is -0.116. The van der Waals surface area contributed by atoms with E-state index in [1.165, 1.54) is 11.1 Å². The molecule has 2 aromatic carbocycles. The number of piperidine rings is 3. The number of fused-ring (bicyclic) bond motifs is 1. The Bertz CT molecular complexity index is 2440. The summed E-state index contributed by atoms with van der Waals surface area (Å²) in [5.74, 6) is 0.686. The molecule has 4 fully saturated rings. The van der Waals surface area contributed by atoms with E-state index in [0.29, 0.717) is 79.6 Å². The number of hydrogen-bond acceptors (Lipinski definition) is 10. The second kappa shape index (κ2) is 18.9. The zero-order chi connectivity index (χ0) is 45.1. The molecule has 5 heterocycles.